The fraction of sp³-hybridized carbons (Fsp3) is 0.267. The molecule has 0 bridgehead atoms. The number of imide groups is 2. The Balaban J connectivity index is 1.79. The molecule has 1 aliphatic rings. The maximum Gasteiger partial charge on any atom is 0.334 e. The number of carbonyl (C=O) groups excluding carboxylic acids is 3. The van der Waals surface area contributed by atoms with Crippen LogP contribution in [-0.4, -0.2) is 60.8 Å². The highest BCUT2D eigenvalue weighted by Gasteiger charge is 2.35. The van der Waals surface area contributed by atoms with Crippen molar-refractivity contribution < 1.29 is 14.4 Å². The van der Waals surface area contributed by atoms with E-state index in [4.69, 9.17) is 0 Å². The second kappa shape index (κ2) is 6.59. The first kappa shape index (κ1) is 16.4. The van der Waals surface area contributed by atoms with Crippen molar-refractivity contribution in [2.45, 2.75) is 13.8 Å². The summed E-state index contributed by atoms with van der Waals surface area (Å²) in [5, 5.41) is 2.46. The zero-order chi connectivity index (χ0) is 18.0. The van der Waals surface area contributed by atoms with Crippen molar-refractivity contribution in [3.63, 3.8) is 0 Å². The van der Waals surface area contributed by atoms with Gasteiger partial charge in [0, 0.05) is 19.7 Å². The summed E-state index contributed by atoms with van der Waals surface area (Å²) >= 11 is 0. The van der Waals surface area contributed by atoms with Crippen LogP contribution in [0.15, 0.2) is 24.4 Å². The van der Waals surface area contributed by atoms with E-state index in [1.807, 2.05) is 0 Å². The molecule has 0 aromatic carbocycles. The van der Waals surface area contributed by atoms with Gasteiger partial charge in [-0.1, -0.05) is 6.07 Å². The quantitative estimate of drug-likeness (QED) is 0.866. The van der Waals surface area contributed by atoms with Crippen LogP contribution in [-0.2, 0) is 4.79 Å². The molecule has 10 heteroatoms. The zero-order valence-electron chi connectivity index (χ0n) is 13.6. The molecule has 25 heavy (non-hydrogen) atoms. The summed E-state index contributed by atoms with van der Waals surface area (Å²) in [4.78, 5) is 54.2. The first-order valence-corrected chi connectivity index (χ1v) is 7.50. The van der Waals surface area contributed by atoms with Crippen molar-refractivity contribution in [2.24, 2.45) is 0 Å². The molecule has 3 rings (SSSR count). The van der Waals surface area contributed by atoms with E-state index in [0.29, 0.717) is 17.3 Å². The second-order valence-corrected chi connectivity index (χ2v) is 5.28. The Bertz CT molecular complexity index is 840. The molecule has 0 radical (unpaired) electrons. The van der Waals surface area contributed by atoms with E-state index >= 15 is 0 Å². The Labute approximate surface area is 142 Å². The minimum atomic E-state index is -0.702. The molecule has 0 spiro atoms. The third-order valence-electron chi connectivity index (χ3n) is 3.49. The number of carbonyl (C=O) groups is 3. The smallest absolute Gasteiger partial charge is 0.275 e. The highest BCUT2D eigenvalue weighted by Crippen LogP contribution is 2.15. The first-order valence-electron chi connectivity index (χ1n) is 7.50. The topological polar surface area (TPSA) is 121 Å². The molecule has 1 aliphatic heterocycles. The largest absolute Gasteiger partial charge is 0.334 e. The summed E-state index contributed by atoms with van der Waals surface area (Å²) in [5.41, 5.74) is 0.531. The summed E-state index contributed by atoms with van der Waals surface area (Å²) in [6.45, 7) is 3.20. The molecule has 10 nitrogen and oxygen atoms in total. The Morgan fingerprint density at radius 1 is 1.12 bits per heavy atom. The van der Waals surface area contributed by atoms with Gasteiger partial charge in [0.05, 0.1) is 6.54 Å². The number of urea groups is 2. The maximum atomic E-state index is 12.3. The number of hydrogen-bond donors (Lipinski definition) is 1. The van der Waals surface area contributed by atoms with Crippen LogP contribution in [0, 0.1) is 6.92 Å². The summed E-state index contributed by atoms with van der Waals surface area (Å²) in [6, 6.07) is 3.92. The molecule has 3 heterocycles. The number of rotatable bonds is 2. The summed E-state index contributed by atoms with van der Waals surface area (Å²) < 4.78 is 0. The molecular formula is C15H15N7O3. The number of nitrogens with one attached hydrogen (secondary N) is 1. The van der Waals surface area contributed by atoms with Gasteiger partial charge in [0.1, 0.15) is 11.5 Å². The molecule has 0 atom stereocenters. The molecule has 5 amide bonds. The number of hydrogen-bond acceptors (Lipinski definition) is 7. The average Bonchev–Trinajstić information content (AvgIpc) is 2.97. The van der Waals surface area contributed by atoms with Crippen molar-refractivity contribution in [1.82, 2.24) is 29.7 Å². The number of aromatic nitrogens is 4. The lowest BCUT2D eigenvalue weighted by Crippen LogP contribution is -2.40. The van der Waals surface area contributed by atoms with Crippen LogP contribution >= 0.6 is 0 Å². The fourth-order valence-corrected chi connectivity index (χ4v) is 2.33. The number of amides is 5. The second-order valence-electron chi connectivity index (χ2n) is 5.28. The molecule has 2 aromatic rings. The molecule has 2 aromatic heterocycles. The Morgan fingerprint density at radius 3 is 2.52 bits per heavy atom. The van der Waals surface area contributed by atoms with Crippen molar-refractivity contribution in [3.05, 3.63) is 30.2 Å². The summed E-state index contributed by atoms with van der Waals surface area (Å²) in [7, 11) is 0. The Morgan fingerprint density at radius 2 is 1.88 bits per heavy atom. The fourth-order valence-electron chi connectivity index (χ4n) is 2.33. The van der Waals surface area contributed by atoms with Crippen molar-refractivity contribution in [1.29, 1.82) is 0 Å². The van der Waals surface area contributed by atoms with Gasteiger partial charge in [0.25, 0.3) is 0 Å². The van der Waals surface area contributed by atoms with E-state index in [1.54, 1.807) is 31.3 Å². The van der Waals surface area contributed by atoms with Crippen molar-refractivity contribution >= 4 is 23.9 Å². The molecule has 1 N–H and O–H groups in total. The molecule has 0 saturated carbocycles. The van der Waals surface area contributed by atoms with Gasteiger partial charge < -0.3 is 0 Å². The molecular weight excluding hydrogens is 326 g/mol. The minimum absolute atomic E-state index is 0.00669. The van der Waals surface area contributed by atoms with Gasteiger partial charge in [-0.05, 0) is 19.1 Å². The van der Waals surface area contributed by atoms with Crippen LogP contribution in [0.5, 0.6) is 0 Å². The highest BCUT2D eigenvalue weighted by molar-refractivity contribution is 6.06. The lowest BCUT2D eigenvalue weighted by molar-refractivity contribution is -0.125. The van der Waals surface area contributed by atoms with Crippen LogP contribution in [0.3, 0.4) is 0 Å². The zero-order valence-corrected chi connectivity index (χ0v) is 13.6. The van der Waals surface area contributed by atoms with Crippen LogP contribution in [0.4, 0.5) is 15.5 Å². The third kappa shape index (κ3) is 3.42. The normalized spacial score (nSPS) is 13.9. The van der Waals surface area contributed by atoms with Crippen LogP contribution in [0.2, 0.25) is 0 Å². The molecule has 1 fully saturated rings. The molecule has 1 saturated heterocycles. The predicted octanol–water partition coefficient (Wildman–Crippen LogP) is 1.06. The lowest BCUT2D eigenvalue weighted by atomic mass is 10.3. The van der Waals surface area contributed by atoms with Gasteiger partial charge in [-0.3, -0.25) is 20.0 Å². The Kier molecular flexibility index (Phi) is 4.33. The van der Waals surface area contributed by atoms with Gasteiger partial charge in [0.2, 0.25) is 11.9 Å². The molecule has 0 unspecified atom stereocenters. The predicted molar refractivity (Wildman–Crippen MR) is 86.3 cm³/mol. The highest BCUT2D eigenvalue weighted by atomic mass is 16.2. The van der Waals surface area contributed by atoms with Crippen LogP contribution in [0.25, 0.3) is 11.5 Å². The van der Waals surface area contributed by atoms with Gasteiger partial charge in [0.15, 0.2) is 5.82 Å². The average molecular weight is 341 g/mol. The molecule has 0 aliphatic carbocycles. The van der Waals surface area contributed by atoms with Crippen LogP contribution in [0.1, 0.15) is 12.7 Å². The number of nitrogens with zero attached hydrogens (tertiary/aromatic N) is 6. The van der Waals surface area contributed by atoms with E-state index in [9.17, 15) is 14.4 Å². The minimum Gasteiger partial charge on any atom is -0.275 e. The van der Waals surface area contributed by atoms with Gasteiger partial charge in [-0.25, -0.2) is 19.5 Å². The number of aryl methyl sites for hydroxylation is 1. The molecule has 128 valence electrons. The standard InChI is InChI=1S/C15H15N7O3/c1-9-17-12(11-5-3-4-6-16-11)19-13(18-9)20-14(24)22-8-7-21(10(2)23)15(22)25/h3-6H,7-8H2,1-2H3,(H,17,18,19,20,24). The van der Waals surface area contributed by atoms with Crippen molar-refractivity contribution in [2.75, 3.05) is 18.4 Å². The van der Waals surface area contributed by atoms with E-state index in [0.717, 1.165) is 9.80 Å². The maximum absolute atomic E-state index is 12.3. The first-order chi connectivity index (χ1) is 12.0. The Hall–Kier alpha value is -3.43. The van der Waals surface area contributed by atoms with Gasteiger partial charge in [-0.2, -0.15) is 9.97 Å². The van der Waals surface area contributed by atoms with E-state index in [1.165, 1.54) is 6.92 Å². The number of pyridine rings is 1. The van der Waals surface area contributed by atoms with Crippen molar-refractivity contribution in [3.8, 4) is 11.5 Å². The van der Waals surface area contributed by atoms with Gasteiger partial charge >= 0.3 is 12.1 Å². The van der Waals surface area contributed by atoms with Gasteiger partial charge in [-0.15, -0.1) is 0 Å². The summed E-state index contributed by atoms with van der Waals surface area (Å²) in [6.07, 6.45) is 1.60. The van der Waals surface area contributed by atoms with Crippen LogP contribution < -0.4 is 5.32 Å². The lowest BCUT2D eigenvalue weighted by Gasteiger charge is -2.15. The SMILES string of the molecule is CC(=O)N1CCN(C(=O)Nc2nc(C)nc(-c3ccccn3)n2)C1=O. The van der Waals surface area contributed by atoms with E-state index < -0.39 is 18.0 Å². The van der Waals surface area contributed by atoms with E-state index in [2.05, 4.69) is 25.3 Å². The third-order valence-corrected chi connectivity index (χ3v) is 3.49. The number of anilines is 1. The monoisotopic (exact) mass is 341 g/mol. The summed E-state index contributed by atoms with van der Waals surface area (Å²) in [5.74, 6) is 0.298. The van der Waals surface area contributed by atoms with E-state index in [-0.39, 0.29) is 19.0 Å².